The van der Waals surface area contributed by atoms with E-state index in [1.165, 1.54) is 24.3 Å². The van der Waals surface area contributed by atoms with Gasteiger partial charge in [-0.1, -0.05) is 32.0 Å². The van der Waals surface area contributed by atoms with Gasteiger partial charge in [-0.25, -0.2) is 17.7 Å². The molecule has 0 fully saturated rings. The quantitative estimate of drug-likeness (QED) is 0.388. The van der Waals surface area contributed by atoms with Gasteiger partial charge < -0.3 is 5.32 Å². The van der Waals surface area contributed by atoms with Crippen LogP contribution in [0.25, 0.3) is 16.6 Å². The third kappa shape index (κ3) is 3.47. The largest absolute Gasteiger partial charge is 0.345 e. The summed E-state index contributed by atoms with van der Waals surface area (Å²) in [6, 6.07) is 11.6. The van der Waals surface area contributed by atoms with Gasteiger partial charge in [0, 0.05) is 11.1 Å². The van der Waals surface area contributed by atoms with Gasteiger partial charge in [0.2, 0.25) is 0 Å². The number of hydrogen-bond acceptors (Lipinski definition) is 2. The van der Waals surface area contributed by atoms with Gasteiger partial charge in [-0.2, -0.15) is 5.10 Å². The monoisotopic (exact) mass is 463 g/mol. The van der Waals surface area contributed by atoms with Crippen LogP contribution >= 0.6 is 0 Å². The van der Waals surface area contributed by atoms with Crippen molar-refractivity contribution in [3.8, 4) is 11.1 Å². The number of aromatic nitrogens is 2. The molecule has 0 saturated carbocycles. The molecule has 2 aromatic carbocycles. The topological polar surface area (TPSA) is 46.4 Å². The number of pyridine rings is 1. The molecule has 0 spiro atoms. The number of carbonyl (C=O) groups is 1. The molecule has 1 amide bonds. The van der Waals surface area contributed by atoms with Crippen molar-refractivity contribution in [2.75, 3.05) is 0 Å². The Hall–Kier alpha value is -3.61. The first kappa shape index (κ1) is 22.2. The Morgan fingerprint density at radius 1 is 1.00 bits per heavy atom. The molecular weight excluding hydrogens is 439 g/mol. The molecule has 7 heteroatoms. The summed E-state index contributed by atoms with van der Waals surface area (Å²) in [6.45, 7) is 5.54. The number of nitrogens with one attached hydrogen (secondary N) is 1. The van der Waals surface area contributed by atoms with Crippen LogP contribution < -0.4 is 5.32 Å². The number of rotatable bonds is 4. The highest BCUT2D eigenvalue weighted by molar-refractivity contribution is 5.97. The predicted octanol–water partition coefficient (Wildman–Crippen LogP) is 6.27. The number of halogens is 3. The van der Waals surface area contributed by atoms with Gasteiger partial charge >= 0.3 is 0 Å². The highest BCUT2D eigenvalue weighted by atomic mass is 19.1. The van der Waals surface area contributed by atoms with Crippen LogP contribution in [-0.4, -0.2) is 15.5 Å². The van der Waals surface area contributed by atoms with E-state index >= 15 is 0 Å². The molecule has 2 heterocycles. The lowest BCUT2D eigenvalue weighted by atomic mass is 9.99. The average Bonchev–Trinajstić information content (AvgIpc) is 3.34. The second-order valence-electron chi connectivity index (χ2n) is 9.02. The Morgan fingerprint density at radius 3 is 2.38 bits per heavy atom. The van der Waals surface area contributed by atoms with Crippen molar-refractivity contribution in [3.05, 3.63) is 94.1 Å². The Kier molecular flexibility index (Phi) is 5.42. The highest BCUT2D eigenvalue weighted by Crippen LogP contribution is 2.36. The maximum atomic E-state index is 14.6. The van der Waals surface area contributed by atoms with Crippen molar-refractivity contribution in [3.63, 3.8) is 0 Å². The van der Waals surface area contributed by atoms with Crippen LogP contribution in [0.1, 0.15) is 65.1 Å². The van der Waals surface area contributed by atoms with E-state index in [0.29, 0.717) is 46.4 Å². The fourth-order valence-electron chi connectivity index (χ4n) is 5.05. The molecule has 0 radical (unpaired) electrons. The molecule has 174 valence electrons. The van der Waals surface area contributed by atoms with Crippen LogP contribution in [0.15, 0.2) is 48.5 Å². The van der Waals surface area contributed by atoms with E-state index in [1.807, 2.05) is 19.9 Å². The molecule has 0 unspecified atom stereocenters. The minimum atomic E-state index is -0.673. The van der Waals surface area contributed by atoms with Crippen LogP contribution in [0.2, 0.25) is 0 Å². The smallest absolute Gasteiger partial charge is 0.253 e. The molecule has 2 aromatic heterocycles. The van der Waals surface area contributed by atoms with E-state index in [2.05, 4.69) is 10.4 Å². The van der Waals surface area contributed by atoms with Gasteiger partial charge in [0.05, 0.1) is 34.1 Å². The van der Waals surface area contributed by atoms with Crippen molar-refractivity contribution in [2.45, 2.75) is 45.6 Å². The molecule has 1 N–H and O–H groups in total. The minimum absolute atomic E-state index is 0.116. The normalized spacial score (nSPS) is 15.2. The van der Waals surface area contributed by atoms with Gasteiger partial charge in [0.15, 0.2) is 0 Å². The number of aryl methyl sites for hydroxylation is 2. The molecule has 1 aliphatic carbocycles. The van der Waals surface area contributed by atoms with Crippen molar-refractivity contribution in [1.29, 1.82) is 0 Å². The maximum Gasteiger partial charge on any atom is 0.253 e. The fourth-order valence-corrected chi connectivity index (χ4v) is 5.05. The second-order valence-corrected chi connectivity index (χ2v) is 9.02. The lowest BCUT2D eigenvalue weighted by molar-refractivity contribution is 0.0934. The predicted molar refractivity (Wildman–Crippen MR) is 124 cm³/mol. The number of nitrogens with zero attached hydrogens (tertiary/aromatic N) is 2. The highest BCUT2D eigenvalue weighted by Gasteiger charge is 2.29. The Labute approximate surface area is 195 Å². The van der Waals surface area contributed by atoms with Crippen molar-refractivity contribution < 1.29 is 18.0 Å². The lowest BCUT2D eigenvalue weighted by Gasteiger charge is -2.19. The maximum absolute atomic E-state index is 14.6. The Balaban J connectivity index is 1.60. The van der Waals surface area contributed by atoms with E-state index in [0.717, 1.165) is 5.56 Å². The molecule has 4 nitrogen and oxygen atoms in total. The lowest BCUT2D eigenvalue weighted by Crippen LogP contribution is -2.29. The van der Waals surface area contributed by atoms with E-state index in [-0.39, 0.29) is 23.2 Å². The zero-order valence-corrected chi connectivity index (χ0v) is 19.1. The summed E-state index contributed by atoms with van der Waals surface area (Å²) in [5, 5.41) is 7.54. The molecule has 0 saturated heterocycles. The van der Waals surface area contributed by atoms with E-state index < -0.39 is 17.7 Å². The van der Waals surface area contributed by atoms with Crippen LogP contribution in [0.5, 0.6) is 0 Å². The molecule has 4 aromatic rings. The molecule has 1 aliphatic rings. The minimum Gasteiger partial charge on any atom is -0.345 e. The van der Waals surface area contributed by atoms with E-state index in [9.17, 15) is 18.0 Å². The zero-order chi connectivity index (χ0) is 24.1. The van der Waals surface area contributed by atoms with E-state index in [1.54, 1.807) is 29.6 Å². The van der Waals surface area contributed by atoms with Crippen LogP contribution in [0, 0.1) is 24.4 Å². The number of amides is 1. The third-order valence-electron chi connectivity index (χ3n) is 6.51. The number of hydrogen-bond donors (Lipinski definition) is 1. The molecule has 34 heavy (non-hydrogen) atoms. The van der Waals surface area contributed by atoms with Gasteiger partial charge in [-0.15, -0.1) is 0 Å². The molecular formula is C27H24F3N3O. The summed E-state index contributed by atoms with van der Waals surface area (Å²) < 4.78 is 45.2. The van der Waals surface area contributed by atoms with Crippen molar-refractivity contribution in [1.82, 2.24) is 14.9 Å². The van der Waals surface area contributed by atoms with Gasteiger partial charge in [-0.05, 0) is 61.6 Å². The first-order chi connectivity index (χ1) is 16.3. The molecule has 1 atom stereocenters. The third-order valence-corrected chi connectivity index (χ3v) is 6.51. The van der Waals surface area contributed by atoms with Crippen molar-refractivity contribution in [2.24, 2.45) is 0 Å². The summed E-state index contributed by atoms with van der Waals surface area (Å²) in [6.07, 6.45) is 1.32. The zero-order valence-electron chi connectivity index (χ0n) is 19.1. The van der Waals surface area contributed by atoms with Gasteiger partial charge in [0.1, 0.15) is 17.5 Å². The van der Waals surface area contributed by atoms with Crippen LogP contribution in [-0.2, 0) is 6.42 Å². The molecule has 5 rings (SSSR count). The standard InChI is InChI=1S/C27H24F3N3O/c1-14(2)26-17(27(34)31-21-12-10-16-6-4-7-18(28)24(16)21)11-13-22-23(15(3)32-33(22)26)25-19(29)8-5-9-20(25)30/h4-9,11,13-14,21H,10,12H2,1-3H3,(H,31,34)/t21-/m0/s1. The summed E-state index contributed by atoms with van der Waals surface area (Å²) in [4.78, 5) is 13.4. The average molecular weight is 464 g/mol. The summed E-state index contributed by atoms with van der Waals surface area (Å²) in [5.41, 5.74) is 3.65. The fraction of sp³-hybridized carbons (Fsp3) is 0.259. The second kappa shape index (κ2) is 8.31. The summed E-state index contributed by atoms with van der Waals surface area (Å²) in [5.74, 6) is -2.12. The van der Waals surface area contributed by atoms with Gasteiger partial charge in [-0.3, -0.25) is 4.79 Å². The van der Waals surface area contributed by atoms with Crippen molar-refractivity contribution >= 4 is 11.4 Å². The molecule has 0 aliphatic heterocycles. The van der Waals surface area contributed by atoms with Crippen LogP contribution in [0.3, 0.4) is 0 Å². The molecule has 0 bridgehead atoms. The first-order valence-corrected chi connectivity index (χ1v) is 11.3. The first-order valence-electron chi connectivity index (χ1n) is 11.3. The number of carbonyl (C=O) groups excluding carboxylic acids is 1. The van der Waals surface area contributed by atoms with Crippen LogP contribution in [0.4, 0.5) is 13.2 Å². The summed E-state index contributed by atoms with van der Waals surface area (Å²) >= 11 is 0. The SMILES string of the molecule is Cc1nn2c(C(C)C)c(C(=O)N[C@H]3CCc4cccc(F)c43)ccc2c1-c1c(F)cccc1F. The summed E-state index contributed by atoms with van der Waals surface area (Å²) in [7, 11) is 0. The number of benzene rings is 2. The van der Waals surface area contributed by atoms with Gasteiger partial charge in [0.25, 0.3) is 5.91 Å². The Bertz CT molecular complexity index is 1420. The Morgan fingerprint density at radius 2 is 1.68 bits per heavy atom. The van der Waals surface area contributed by atoms with E-state index in [4.69, 9.17) is 0 Å². The number of fused-ring (bicyclic) bond motifs is 2.